The molecule has 1 heterocycles. The second-order valence-corrected chi connectivity index (χ2v) is 4.89. The molecule has 0 aliphatic rings. The minimum Gasteiger partial charge on any atom is -0.492 e. The van der Waals surface area contributed by atoms with Crippen LogP contribution in [0.4, 0.5) is 13.2 Å². The zero-order chi connectivity index (χ0) is 17.5. The molecule has 1 N–H and O–H groups in total. The molecular weight excluding hydrogens is 315 g/mol. The van der Waals surface area contributed by atoms with E-state index < -0.39 is 23.4 Å². The summed E-state index contributed by atoms with van der Waals surface area (Å²) >= 11 is 0. The Bertz CT molecular complexity index is 532. The molecule has 5 nitrogen and oxygen atoms in total. The van der Waals surface area contributed by atoms with E-state index in [-0.39, 0.29) is 24.8 Å². The maximum Gasteiger partial charge on any atom is 0.434 e. The summed E-state index contributed by atoms with van der Waals surface area (Å²) in [7, 11) is 0. The molecule has 0 bridgehead atoms. The number of aromatic carboxylic acids is 1. The molecule has 8 heteroatoms. The van der Waals surface area contributed by atoms with Crippen molar-refractivity contribution in [2.45, 2.75) is 45.7 Å². The molecule has 0 aliphatic carbocycles. The van der Waals surface area contributed by atoms with Gasteiger partial charge < -0.3 is 14.6 Å². The van der Waals surface area contributed by atoms with E-state index in [1.54, 1.807) is 0 Å². The number of halogens is 3. The average molecular weight is 335 g/mol. The first-order chi connectivity index (χ1) is 10.8. The molecule has 0 spiro atoms. The van der Waals surface area contributed by atoms with Gasteiger partial charge in [0.2, 0.25) is 5.88 Å². The minimum absolute atomic E-state index is 0.118. The summed E-state index contributed by atoms with van der Waals surface area (Å²) < 4.78 is 49.7. The molecule has 130 valence electrons. The average Bonchev–Trinajstić information content (AvgIpc) is 2.46. The Morgan fingerprint density at radius 1 is 1.17 bits per heavy atom. The van der Waals surface area contributed by atoms with E-state index in [0.717, 1.165) is 18.9 Å². The Labute approximate surface area is 132 Å². The molecule has 0 saturated carbocycles. The molecular formula is C15H20F3NO4. The number of hydrogen-bond acceptors (Lipinski definition) is 4. The molecule has 0 fully saturated rings. The summed E-state index contributed by atoms with van der Waals surface area (Å²) in [6.07, 6.45) is -2.11. The van der Waals surface area contributed by atoms with Crippen molar-refractivity contribution < 1.29 is 32.5 Å². The smallest absolute Gasteiger partial charge is 0.434 e. The van der Waals surface area contributed by atoms with Gasteiger partial charge in [0.25, 0.3) is 0 Å². The van der Waals surface area contributed by atoms with Crippen molar-refractivity contribution in [2.75, 3.05) is 13.2 Å². The maximum atomic E-state index is 13.1. The topological polar surface area (TPSA) is 68.7 Å². The van der Waals surface area contributed by atoms with Crippen molar-refractivity contribution in [1.29, 1.82) is 0 Å². The van der Waals surface area contributed by atoms with Gasteiger partial charge in [0.05, 0.1) is 13.2 Å². The van der Waals surface area contributed by atoms with E-state index >= 15 is 0 Å². The van der Waals surface area contributed by atoms with Gasteiger partial charge in [0.1, 0.15) is 11.3 Å². The molecule has 0 saturated heterocycles. The number of carboxylic acids is 1. The number of carbonyl (C=O) groups is 1. The van der Waals surface area contributed by atoms with Gasteiger partial charge >= 0.3 is 12.1 Å². The van der Waals surface area contributed by atoms with Crippen LogP contribution in [0.3, 0.4) is 0 Å². The number of ether oxygens (including phenoxy) is 2. The SMILES string of the molecule is CCCCOc1cc(OCCCC)c(C(=O)O)c(C(F)(F)F)n1. The zero-order valence-corrected chi connectivity index (χ0v) is 13.1. The summed E-state index contributed by atoms with van der Waals surface area (Å²) in [5, 5.41) is 9.11. The van der Waals surface area contributed by atoms with Crippen LogP contribution in [0, 0.1) is 0 Å². The molecule has 0 unspecified atom stereocenters. The van der Waals surface area contributed by atoms with Crippen LogP contribution in [0.2, 0.25) is 0 Å². The number of unbranched alkanes of at least 4 members (excludes halogenated alkanes) is 2. The van der Waals surface area contributed by atoms with Crippen LogP contribution in [0.15, 0.2) is 6.07 Å². The van der Waals surface area contributed by atoms with Crippen molar-refractivity contribution >= 4 is 5.97 Å². The summed E-state index contributed by atoms with van der Waals surface area (Å²) in [5.41, 5.74) is -2.50. The van der Waals surface area contributed by atoms with Crippen LogP contribution in [0.5, 0.6) is 11.6 Å². The van der Waals surface area contributed by atoms with Crippen LogP contribution < -0.4 is 9.47 Å². The quantitative estimate of drug-likeness (QED) is 0.686. The first-order valence-electron chi connectivity index (χ1n) is 7.42. The van der Waals surface area contributed by atoms with E-state index in [1.165, 1.54) is 0 Å². The number of pyridine rings is 1. The summed E-state index contributed by atoms with van der Waals surface area (Å²) in [4.78, 5) is 14.6. The standard InChI is InChI=1S/C15H20F3NO4/c1-3-5-7-22-10-9-11(23-8-6-4-2)19-13(15(16,17)18)12(10)14(20)21/h9H,3-8H2,1-2H3,(H,20,21). The van der Waals surface area contributed by atoms with E-state index in [1.807, 2.05) is 13.8 Å². The Hall–Kier alpha value is -1.99. The first-order valence-corrected chi connectivity index (χ1v) is 7.42. The van der Waals surface area contributed by atoms with Crippen LogP contribution in [0.25, 0.3) is 0 Å². The predicted molar refractivity (Wildman–Crippen MR) is 77.0 cm³/mol. The van der Waals surface area contributed by atoms with Gasteiger partial charge in [0.15, 0.2) is 5.69 Å². The highest BCUT2D eigenvalue weighted by Gasteiger charge is 2.40. The van der Waals surface area contributed by atoms with Gasteiger partial charge in [-0.2, -0.15) is 13.2 Å². The van der Waals surface area contributed by atoms with Crippen molar-refractivity contribution in [1.82, 2.24) is 4.98 Å². The number of hydrogen-bond donors (Lipinski definition) is 1. The second-order valence-electron chi connectivity index (χ2n) is 4.89. The number of aromatic nitrogens is 1. The molecule has 0 aromatic carbocycles. The lowest BCUT2D eigenvalue weighted by Gasteiger charge is -2.16. The monoisotopic (exact) mass is 335 g/mol. The largest absolute Gasteiger partial charge is 0.492 e. The molecule has 0 amide bonds. The van der Waals surface area contributed by atoms with Crippen molar-refractivity contribution in [3.8, 4) is 11.6 Å². The van der Waals surface area contributed by atoms with Gasteiger partial charge in [-0.15, -0.1) is 0 Å². The molecule has 23 heavy (non-hydrogen) atoms. The van der Waals surface area contributed by atoms with Crippen LogP contribution in [-0.4, -0.2) is 29.3 Å². The summed E-state index contributed by atoms with van der Waals surface area (Å²) in [5.74, 6) is -2.40. The lowest BCUT2D eigenvalue weighted by Crippen LogP contribution is -2.18. The first kappa shape index (κ1) is 19.1. The van der Waals surface area contributed by atoms with Crippen molar-refractivity contribution in [3.05, 3.63) is 17.3 Å². The van der Waals surface area contributed by atoms with Gasteiger partial charge in [0, 0.05) is 6.07 Å². The van der Waals surface area contributed by atoms with Crippen LogP contribution in [-0.2, 0) is 6.18 Å². The highest BCUT2D eigenvalue weighted by molar-refractivity contribution is 5.92. The lowest BCUT2D eigenvalue weighted by molar-refractivity contribution is -0.142. The Morgan fingerprint density at radius 2 is 1.74 bits per heavy atom. The highest BCUT2D eigenvalue weighted by atomic mass is 19.4. The Morgan fingerprint density at radius 3 is 2.22 bits per heavy atom. The fourth-order valence-electron chi connectivity index (χ4n) is 1.75. The molecule has 1 aromatic heterocycles. The van der Waals surface area contributed by atoms with E-state index in [0.29, 0.717) is 12.8 Å². The molecule has 1 rings (SSSR count). The van der Waals surface area contributed by atoms with Crippen molar-refractivity contribution in [2.24, 2.45) is 0 Å². The van der Waals surface area contributed by atoms with Gasteiger partial charge in [-0.3, -0.25) is 0 Å². The molecule has 0 aliphatic heterocycles. The molecule has 1 aromatic rings. The third-order valence-electron chi connectivity index (χ3n) is 2.95. The highest BCUT2D eigenvalue weighted by Crippen LogP contribution is 2.37. The third kappa shape index (κ3) is 5.61. The maximum absolute atomic E-state index is 13.1. The van der Waals surface area contributed by atoms with E-state index in [9.17, 15) is 18.0 Å². The summed E-state index contributed by atoms with van der Waals surface area (Å²) in [6.45, 7) is 4.10. The zero-order valence-electron chi connectivity index (χ0n) is 13.1. The molecule has 0 atom stereocenters. The predicted octanol–water partition coefficient (Wildman–Crippen LogP) is 4.16. The normalized spacial score (nSPS) is 11.3. The van der Waals surface area contributed by atoms with Crippen LogP contribution >= 0.6 is 0 Å². The van der Waals surface area contributed by atoms with Gasteiger partial charge in [-0.1, -0.05) is 26.7 Å². The van der Waals surface area contributed by atoms with Gasteiger partial charge in [-0.25, -0.2) is 9.78 Å². The molecule has 0 radical (unpaired) electrons. The van der Waals surface area contributed by atoms with E-state index in [4.69, 9.17) is 14.6 Å². The fraction of sp³-hybridized carbons (Fsp3) is 0.600. The number of alkyl halides is 3. The minimum atomic E-state index is -4.92. The lowest BCUT2D eigenvalue weighted by atomic mass is 10.1. The third-order valence-corrected chi connectivity index (χ3v) is 2.95. The Kier molecular flexibility index (Phi) is 7.12. The number of rotatable bonds is 9. The second kappa shape index (κ2) is 8.59. The summed E-state index contributed by atoms with van der Waals surface area (Å²) in [6, 6.07) is 1.10. The van der Waals surface area contributed by atoms with Crippen LogP contribution in [0.1, 0.15) is 55.6 Å². The van der Waals surface area contributed by atoms with Gasteiger partial charge in [-0.05, 0) is 12.8 Å². The van der Waals surface area contributed by atoms with Crippen molar-refractivity contribution in [3.63, 3.8) is 0 Å². The fourth-order valence-corrected chi connectivity index (χ4v) is 1.75. The number of carboxylic acid groups (broad SMARTS) is 1. The van der Waals surface area contributed by atoms with E-state index in [2.05, 4.69) is 4.98 Å². The Balaban J connectivity index is 3.25. The number of nitrogens with zero attached hydrogens (tertiary/aromatic N) is 1.